The van der Waals surface area contributed by atoms with E-state index in [0.29, 0.717) is 6.61 Å². The number of carbonyl (C=O) groups is 1. The van der Waals surface area contributed by atoms with Crippen molar-refractivity contribution in [1.82, 2.24) is 15.5 Å². The van der Waals surface area contributed by atoms with Crippen molar-refractivity contribution >= 4 is 5.91 Å². The van der Waals surface area contributed by atoms with E-state index in [1.165, 1.54) is 12.8 Å². The van der Waals surface area contributed by atoms with Gasteiger partial charge in [0.05, 0.1) is 12.0 Å². The topological polar surface area (TPSA) is 53.6 Å². The number of methoxy groups -OCH3 is 1. The highest BCUT2D eigenvalue weighted by molar-refractivity contribution is 5.83. The van der Waals surface area contributed by atoms with Crippen LogP contribution in [0.25, 0.3) is 0 Å². The Balaban J connectivity index is 1.75. The van der Waals surface area contributed by atoms with Gasteiger partial charge in [-0.2, -0.15) is 0 Å². The highest BCUT2D eigenvalue weighted by Gasteiger charge is 2.41. The van der Waals surface area contributed by atoms with Gasteiger partial charge in [-0.1, -0.05) is 6.92 Å². The lowest BCUT2D eigenvalue weighted by Crippen LogP contribution is -2.47. The number of hydrogen-bond donors (Lipinski definition) is 2. The number of likely N-dealkylation sites (N-methyl/N-ethyl adjacent to an activating group) is 1. The smallest absolute Gasteiger partial charge is 0.229 e. The third-order valence-corrected chi connectivity index (χ3v) is 4.30. The van der Waals surface area contributed by atoms with Crippen molar-refractivity contribution < 1.29 is 9.53 Å². The van der Waals surface area contributed by atoms with Gasteiger partial charge in [0.15, 0.2) is 0 Å². The van der Waals surface area contributed by atoms with E-state index >= 15 is 0 Å². The molecule has 1 amide bonds. The second-order valence-corrected chi connectivity index (χ2v) is 5.76. The maximum atomic E-state index is 12.4. The van der Waals surface area contributed by atoms with Crippen molar-refractivity contribution in [3.8, 4) is 0 Å². The first kappa shape index (κ1) is 14.8. The summed E-state index contributed by atoms with van der Waals surface area (Å²) >= 11 is 0. The van der Waals surface area contributed by atoms with E-state index in [9.17, 15) is 4.79 Å². The Labute approximate surface area is 116 Å². The normalized spacial score (nSPS) is 26.9. The van der Waals surface area contributed by atoms with E-state index in [1.807, 2.05) is 0 Å². The number of nitrogens with zero attached hydrogens (tertiary/aromatic N) is 1. The van der Waals surface area contributed by atoms with E-state index in [2.05, 4.69) is 22.5 Å². The van der Waals surface area contributed by atoms with Crippen LogP contribution in [-0.4, -0.2) is 63.3 Å². The molecule has 0 aromatic heterocycles. The van der Waals surface area contributed by atoms with Crippen molar-refractivity contribution in [2.75, 3.05) is 46.4 Å². The predicted octanol–water partition coefficient (Wildman–Crippen LogP) is 0.213. The van der Waals surface area contributed by atoms with E-state index < -0.39 is 0 Å². The fraction of sp³-hybridized carbons (Fsp3) is 0.929. The lowest BCUT2D eigenvalue weighted by molar-refractivity contribution is -0.133. The number of nitrogens with one attached hydrogen (secondary N) is 2. The zero-order chi connectivity index (χ0) is 13.7. The van der Waals surface area contributed by atoms with Gasteiger partial charge in [-0.3, -0.25) is 9.69 Å². The molecule has 1 saturated heterocycles. The maximum Gasteiger partial charge on any atom is 0.229 e. The minimum Gasteiger partial charge on any atom is -0.384 e. The molecule has 0 spiro atoms. The summed E-state index contributed by atoms with van der Waals surface area (Å²) in [6.45, 7) is 7.11. The van der Waals surface area contributed by atoms with E-state index in [0.717, 1.165) is 45.2 Å². The van der Waals surface area contributed by atoms with Crippen molar-refractivity contribution in [3.63, 3.8) is 0 Å². The Kier molecular flexibility index (Phi) is 5.19. The average molecular weight is 269 g/mol. The van der Waals surface area contributed by atoms with Gasteiger partial charge in [0.1, 0.15) is 0 Å². The molecule has 5 heteroatoms. The minimum absolute atomic E-state index is 0.145. The van der Waals surface area contributed by atoms with Crippen LogP contribution >= 0.6 is 0 Å². The highest BCUT2D eigenvalue weighted by atomic mass is 16.5. The molecule has 1 atom stereocenters. The van der Waals surface area contributed by atoms with Crippen LogP contribution in [0.2, 0.25) is 0 Å². The van der Waals surface area contributed by atoms with Crippen LogP contribution in [0.1, 0.15) is 26.2 Å². The molecule has 0 aromatic rings. The number of hydrogen-bond acceptors (Lipinski definition) is 4. The molecule has 2 N–H and O–H groups in total. The van der Waals surface area contributed by atoms with Gasteiger partial charge in [-0.05, 0) is 32.4 Å². The van der Waals surface area contributed by atoms with Crippen LogP contribution in [0.15, 0.2) is 0 Å². The lowest BCUT2D eigenvalue weighted by atomic mass is 9.87. The molecule has 1 heterocycles. The van der Waals surface area contributed by atoms with Crippen LogP contribution < -0.4 is 10.6 Å². The van der Waals surface area contributed by atoms with E-state index in [1.54, 1.807) is 7.11 Å². The Hall–Kier alpha value is -0.650. The first-order chi connectivity index (χ1) is 9.22. The lowest BCUT2D eigenvalue weighted by Gasteiger charge is -2.27. The molecule has 5 nitrogen and oxygen atoms in total. The fourth-order valence-corrected chi connectivity index (χ4v) is 2.94. The summed E-state index contributed by atoms with van der Waals surface area (Å²) in [5.41, 5.74) is -0.356. The first-order valence-electron chi connectivity index (χ1n) is 7.44. The molecule has 0 bridgehead atoms. The van der Waals surface area contributed by atoms with Crippen LogP contribution in [0.4, 0.5) is 0 Å². The van der Waals surface area contributed by atoms with Gasteiger partial charge in [-0.25, -0.2) is 0 Å². The van der Waals surface area contributed by atoms with Crippen molar-refractivity contribution in [3.05, 3.63) is 0 Å². The first-order valence-corrected chi connectivity index (χ1v) is 7.44. The monoisotopic (exact) mass is 269 g/mol. The number of ether oxygens (including phenoxy) is 1. The Bertz CT molecular complexity index is 299. The minimum atomic E-state index is -0.356. The zero-order valence-electron chi connectivity index (χ0n) is 12.2. The molecular formula is C14H27N3O2. The van der Waals surface area contributed by atoms with Gasteiger partial charge >= 0.3 is 0 Å². The van der Waals surface area contributed by atoms with Gasteiger partial charge < -0.3 is 15.4 Å². The second kappa shape index (κ2) is 6.68. The molecule has 2 fully saturated rings. The van der Waals surface area contributed by atoms with Crippen molar-refractivity contribution in [2.45, 2.75) is 32.2 Å². The third kappa shape index (κ3) is 3.68. The zero-order valence-corrected chi connectivity index (χ0v) is 12.2. The summed E-state index contributed by atoms with van der Waals surface area (Å²) < 4.78 is 5.24. The summed E-state index contributed by atoms with van der Waals surface area (Å²) in [5.74, 6) is 0.145. The van der Waals surface area contributed by atoms with Crippen LogP contribution in [0, 0.1) is 5.41 Å². The van der Waals surface area contributed by atoms with Crippen LogP contribution in [0.5, 0.6) is 0 Å². The summed E-state index contributed by atoms with van der Waals surface area (Å²) in [4.78, 5) is 14.8. The molecule has 1 saturated carbocycles. The summed E-state index contributed by atoms with van der Waals surface area (Å²) in [6.07, 6.45) is 3.51. The second-order valence-electron chi connectivity index (χ2n) is 5.76. The third-order valence-electron chi connectivity index (χ3n) is 4.30. The standard InChI is InChI=1S/C14H27N3O2/c1-3-17(12-4-5-12)9-8-16-13(18)14(11-19-2)6-7-15-10-14/h12,15H,3-11H2,1-2H3,(H,16,18). The molecule has 0 radical (unpaired) electrons. The molecule has 2 rings (SSSR count). The number of carbonyl (C=O) groups excluding carboxylic acids is 1. The predicted molar refractivity (Wildman–Crippen MR) is 75.1 cm³/mol. The molecule has 19 heavy (non-hydrogen) atoms. The maximum absolute atomic E-state index is 12.4. The molecule has 1 aliphatic heterocycles. The molecular weight excluding hydrogens is 242 g/mol. The van der Waals surface area contributed by atoms with Crippen molar-refractivity contribution in [1.29, 1.82) is 0 Å². The Morgan fingerprint density at radius 2 is 2.32 bits per heavy atom. The van der Waals surface area contributed by atoms with E-state index in [4.69, 9.17) is 4.74 Å². The van der Waals surface area contributed by atoms with Crippen LogP contribution in [0.3, 0.4) is 0 Å². The summed E-state index contributed by atoms with van der Waals surface area (Å²) in [6, 6.07) is 0.767. The van der Waals surface area contributed by atoms with E-state index in [-0.39, 0.29) is 11.3 Å². The quantitative estimate of drug-likeness (QED) is 0.661. The molecule has 0 aromatic carbocycles. The molecule has 1 unspecified atom stereocenters. The molecule has 2 aliphatic rings. The Morgan fingerprint density at radius 1 is 1.53 bits per heavy atom. The SMILES string of the molecule is CCN(CCNC(=O)C1(COC)CCNC1)C1CC1. The summed E-state index contributed by atoms with van der Waals surface area (Å²) in [5, 5.41) is 6.36. The van der Waals surface area contributed by atoms with Gasteiger partial charge in [0.25, 0.3) is 0 Å². The average Bonchev–Trinajstić information content (AvgIpc) is 3.14. The van der Waals surface area contributed by atoms with Gasteiger partial charge in [-0.15, -0.1) is 0 Å². The highest BCUT2D eigenvalue weighted by Crippen LogP contribution is 2.27. The molecule has 1 aliphatic carbocycles. The fourth-order valence-electron chi connectivity index (χ4n) is 2.94. The van der Waals surface area contributed by atoms with Crippen molar-refractivity contribution in [2.24, 2.45) is 5.41 Å². The summed E-state index contributed by atoms with van der Waals surface area (Å²) in [7, 11) is 1.67. The van der Waals surface area contributed by atoms with Gasteiger partial charge in [0.2, 0.25) is 5.91 Å². The van der Waals surface area contributed by atoms with Crippen LogP contribution in [-0.2, 0) is 9.53 Å². The van der Waals surface area contributed by atoms with Gasteiger partial charge in [0, 0.05) is 32.8 Å². The Morgan fingerprint density at radius 3 is 2.84 bits per heavy atom. The number of amides is 1. The number of rotatable bonds is 8. The largest absolute Gasteiger partial charge is 0.384 e. The molecule has 110 valence electrons.